The van der Waals surface area contributed by atoms with E-state index in [0.29, 0.717) is 26.2 Å². The van der Waals surface area contributed by atoms with E-state index in [9.17, 15) is 18.0 Å². The number of amides is 2. The van der Waals surface area contributed by atoms with Crippen LogP contribution in [0.25, 0.3) is 0 Å². The molecule has 0 atom stereocenters. The molecule has 10 heteroatoms. The number of nitrogens with one attached hydrogen (secondary N) is 1. The minimum atomic E-state index is -3.60. The number of hydrogen-bond donors (Lipinski definition) is 1. The third kappa shape index (κ3) is 4.60. The molecule has 0 aromatic carbocycles. The Kier molecular flexibility index (Phi) is 7.13. The van der Waals surface area contributed by atoms with E-state index in [4.69, 9.17) is 0 Å². The fourth-order valence-corrected chi connectivity index (χ4v) is 5.31. The van der Waals surface area contributed by atoms with E-state index in [-0.39, 0.29) is 23.0 Å². The molecule has 1 aliphatic heterocycles. The first-order chi connectivity index (χ1) is 12.3. The molecule has 26 heavy (non-hydrogen) atoms. The van der Waals surface area contributed by atoms with Crippen LogP contribution in [0.4, 0.5) is 0 Å². The van der Waals surface area contributed by atoms with Crippen molar-refractivity contribution in [3.63, 3.8) is 0 Å². The molecule has 0 radical (unpaired) electrons. The van der Waals surface area contributed by atoms with Crippen molar-refractivity contribution in [1.29, 1.82) is 0 Å². The number of thioether (sulfide) groups is 1. The summed E-state index contributed by atoms with van der Waals surface area (Å²) in [6.45, 7) is 5.81. The molecule has 1 aliphatic rings. The molecule has 0 saturated carbocycles. The van der Waals surface area contributed by atoms with Crippen LogP contribution in [0.3, 0.4) is 0 Å². The van der Waals surface area contributed by atoms with Gasteiger partial charge in [-0.3, -0.25) is 9.59 Å². The van der Waals surface area contributed by atoms with Crippen LogP contribution < -0.4 is 0 Å². The molecule has 1 aromatic rings. The van der Waals surface area contributed by atoms with Gasteiger partial charge in [-0.05, 0) is 19.9 Å². The SMILES string of the molecule is CCN(CC)C(=O)CN(C)C(=O)c1cc(S(=O)(=O)N2CCSCC2)c[nH]1. The third-order valence-electron chi connectivity index (χ3n) is 4.33. The third-order valence-corrected chi connectivity index (χ3v) is 7.15. The number of aromatic nitrogens is 1. The van der Waals surface area contributed by atoms with Crippen molar-refractivity contribution in [2.75, 3.05) is 51.3 Å². The highest BCUT2D eigenvalue weighted by Crippen LogP contribution is 2.21. The van der Waals surface area contributed by atoms with E-state index in [1.165, 1.54) is 28.5 Å². The zero-order valence-corrected chi connectivity index (χ0v) is 17.0. The number of carbonyl (C=O) groups is 2. The van der Waals surface area contributed by atoms with Crippen LogP contribution in [0, 0.1) is 0 Å². The summed E-state index contributed by atoms with van der Waals surface area (Å²) in [5.41, 5.74) is 0.157. The van der Waals surface area contributed by atoms with Crippen molar-refractivity contribution in [3.05, 3.63) is 18.0 Å². The minimum absolute atomic E-state index is 0.0506. The van der Waals surface area contributed by atoms with E-state index >= 15 is 0 Å². The van der Waals surface area contributed by atoms with Gasteiger partial charge < -0.3 is 14.8 Å². The van der Waals surface area contributed by atoms with Crippen molar-refractivity contribution in [1.82, 2.24) is 19.1 Å². The largest absolute Gasteiger partial charge is 0.356 e. The zero-order valence-electron chi connectivity index (χ0n) is 15.4. The number of sulfonamides is 1. The molecule has 1 fully saturated rings. The van der Waals surface area contributed by atoms with E-state index in [1.807, 2.05) is 13.8 Å². The van der Waals surface area contributed by atoms with E-state index in [1.54, 1.807) is 16.7 Å². The van der Waals surface area contributed by atoms with Crippen LogP contribution >= 0.6 is 11.8 Å². The topological polar surface area (TPSA) is 93.8 Å². The number of rotatable bonds is 7. The van der Waals surface area contributed by atoms with Crippen molar-refractivity contribution in [2.24, 2.45) is 0 Å². The molecule has 1 aromatic heterocycles. The molecular weight excluding hydrogens is 376 g/mol. The van der Waals surface area contributed by atoms with Crippen molar-refractivity contribution < 1.29 is 18.0 Å². The molecule has 0 spiro atoms. The molecule has 0 aliphatic carbocycles. The summed E-state index contributed by atoms with van der Waals surface area (Å²) in [6.07, 6.45) is 1.34. The Morgan fingerprint density at radius 1 is 1.23 bits per heavy atom. The Morgan fingerprint density at radius 3 is 2.42 bits per heavy atom. The maximum Gasteiger partial charge on any atom is 0.270 e. The number of hydrogen-bond acceptors (Lipinski definition) is 5. The van der Waals surface area contributed by atoms with E-state index in [2.05, 4.69) is 4.98 Å². The van der Waals surface area contributed by atoms with Crippen LogP contribution in [0.1, 0.15) is 24.3 Å². The van der Waals surface area contributed by atoms with Gasteiger partial charge in [0.1, 0.15) is 10.6 Å². The predicted molar refractivity (Wildman–Crippen MR) is 102 cm³/mol. The van der Waals surface area contributed by atoms with Crippen LogP contribution in [0.2, 0.25) is 0 Å². The molecule has 2 heterocycles. The van der Waals surface area contributed by atoms with Crippen LogP contribution in [0.5, 0.6) is 0 Å². The lowest BCUT2D eigenvalue weighted by Crippen LogP contribution is -2.41. The summed E-state index contributed by atoms with van der Waals surface area (Å²) in [5.74, 6) is 0.981. The Bertz CT molecular complexity index is 737. The average molecular weight is 403 g/mol. The molecule has 0 unspecified atom stereocenters. The zero-order chi connectivity index (χ0) is 19.3. The quantitative estimate of drug-likeness (QED) is 0.724. The minimum Gasteiger partial charge on any atom is -0.356 e. The summed E-state index contributed by atoms with van der Waals surface area (Å²) in [4.78, 5) is 30.4. The van der Waals surface area contributed by atoms with Crippen LogP contribution in [0.15, 0.2) is 17.2 Å². The number of nitrogens with zero attached hydrogens (tertiary/aromatic N) is 3. The highest BCUT2D eigenvalue weighted by atomic mass is 32.2. The Balaban J connectivity index is 2.08. The number of carbonyl (C=O) groups excluding carboxylic acids is 2. The lowest BCUT2D eigenvalue weighted by atomic mass is 10.3. The van der Waals surface area contributed by atoms with E-state index in [0.717, 1.165) is 11.5 Å². The molecule has 1 N–H and O–H groups in total. The summed E-state index contributed by atoms with van der Waals surface area (Å²) in [7, 11) is -2.07. The molecule has 2 amide bonds. The summed E-state index contributed by atoms with van der Waals surface area (Å²) in [6, 6.07) is 1.35. The number of H-pyrrole nitrogens is 1. The summed E-state index contributed by atoms with van der Waals surface area (Å²) in [5, 5.41) is 0. The Labute approximate surface area is 159 Å². The van der Waals surface area contributed by atoms with Gasteiger partial charge in [-0.25, -0.2) is 8.42 Å². The molecule has 8 nitrogen and oxygen atoms in total. The first kappa shape index (κ1) is 20.8. The number of likely N-dealkylation sites (N-methyl/N-ethyl adjacent to an activating group) is 2. The van der Waals surface area contributed by atoms with Gasteiger partial charge in [-0.1, -0.05) is 0 Å². The Morgan fingerprint density at radius 2 is 1.85 bits per heavy atom. The maximum absolute atomic E-state index is 12.6. The van der Waals surface area contributed by atoms with Gasteiger partial charge in [-0.15, -0.1) is 0 Å². The van der Waals surface area contributed by atoms with Crippen molar-refractivity contribution >= 4 is 33.6 Å². The molecular formula is C16H26N4O4S2. The van der Waals surface area contributed by atoms with Gasteiger partial charge in [0.15, 0.2) is 0 Å². The van der Waals surface area contributed by atoms with Gasteiger partial charge in [0.25, 0.3) is 5.91 Å². The van der Waals surface area contributed by atoms with Gasteiger partial charge in [-0.2, -0.15) is 16.1 Å². The lowest BCUT2D eigenvalue weighted by molar-refractivity contribution is -0.131. The van der Waals surface area contributed by atoms with Gasteiger partial charge in [0, 0.05) is 50.9 Å². The van der Waals surface area contributed by atoms with Crippen molar-refractivity contribution in [3.8, 4) is 0 Å². The first-order valence-electron chi connectivity index (χ1n) is 8.60. The second-order valence-electron chi connectivity index (χ2n) is 5.99. The van der Waals surface area contributed by atoms with Gasteiger partial charge in [0.2, 0.25) is 15.9 Å². The normalized spacial score (nSPS) is 15.7. The molecule has 1 saturated heterocycles. The summed E-state index contributed by atoms with van der Waals surface area (Å²) < 4.78 is 26.7. The fraction of sp³-hybridized carbons (Fsp3) is 0.625. The second-order valence-corrected chi connectivity index (χ2v) is 9.16. The van der Waals surface area contributed by atoms with E-state index < -0.39 is 15.9 Å². The smallest absolute Gasteiger partial charge is 0.270 e. The lowest BCUT2D eigenvalue weighted by Gasteiger charge is -2.25. The average Bonchev–Trinajstić information content (AvgIpc) is 3.13. The van der Waals surface area contributed by atoms with Gasteiger partial charge in [0.05, 0.1) is 6.54 Å². The standard InChI is InChI=1S/C16H26N4O4S2/c1-4-19(5-2)15(21)12-18(3)16(22)14-10-13(11-17-14)26(23,24)20-6-8-25-9-7-20/h10-11,17H,4-9,12H2,1-3H3. The van der Waals surface area contributed by atoms with Crippen LogP contribution in [-0.4, -0.2) is 90.6 Å². The predicted octanol–water partition coefficient (Wildman–Crippen LogP) is 0.693. The molecule has 0 bridgehead atoms. The van der Waals surface area contributed by atoms with Gasteiger partial charge >= 0.3 is 0 Å². The van der Waals surface area contributed by atoms with Crippen molar-refractivity contribution in [2.45, 2.75) is 18.7 Å². The first-order valence-corrected chi connectivity index (χ1v) is 11.2. The molecule has 146 valence electrons. The molecule has 2 rings (SSSR count). The fourth-order valence-electron chi connectivity index (χ4n) is 2.74. The highest BCUT2D eigenvalue weighted by molar-refractivity contribution is 7.99. The number of aromatic amines is 1. The monoisotopic (exact) mass is 402 g/mol. The highest BCUT2D eigenvalue weighted by Gasteiger charge is 2.28. The Hall–Kier alpha value is -1.52. The summed E-state index contributed by atoms with van der Waals surface area (Å²) >= 11 is 1.72. The maximum atomic E-state index is 12.6. The van der Waals surface area contributed by atoms with Crippen LogP contribution in [-0.2, 0) is 14.8 Å². The second kappa shape index (κ2) is 8.92.